The Kier molecular flexibility index (Phi) is 4.66. The van der Waals surface area contributed by atoms with Gasteiger partial charge in [-0.3, -0.25) is 0 Å². The van der Waals surface area contributed by atoms with Gasteiger partial charge in [-0.05, 0) is 35.9 Å². The van der Waals surface area contributed by atoms with Crippen molar-refractivity contribution in [3.63, 3.8) is 0 Å². The van der Waals surface area contributed by atoms with Crippen LogP contribution < -0.4 is 4.74 Å². The quantitative estimate of drug-likeness (QED) is 0.818. The van der Waals surface area contributed by atoms with Crippen molar-refractivity contribution in [1.29, 1.82) is 0 Å². The SMILES string of the molecule is O=C(O)C=Cc1ccc(Oc2cc(Cl)ccc2Cl)cc1. The van der Waals surface area contributed by atoms with E-state index in [1.165, 1.54) is 6.08 Å². The Morgan fingerprint density at radius 2 is 1.80 bits per heavy atom. The normalized spacial score (nSPS) is 10.7. The highest BCUT2D eigenvalue weighted by Crippen LogP contribution is 2.31. The predicted octanol–water partition coefficient (Wildman–Crippen LogP) is 4.88. The summed E-state index contributed by atoms with van der Waals surface area (Å²) in [5.41, 5.74) is 0.761. The number of halogens is 2. The summed E-state index contributed by atoms with van der Waals surface area (Å²) in [5, 5.41) is 9.54. The topological polar surface area (TPSA) is 46.5 Å². The lowest BCUT2D eigenvalue weighted by molar-refractivity contribution is -0.131. The molecule has 0 saturated carbocycles. The maximum atomic E-state index is 10.4. The molecule has 0 heterocycles. The molecule has 0 amide bonds. The largest absolute Gasteiger partial charge is 0.478 e. The molecule has 0 aromatic heterocycles. The number of rotatable bonds is 4. The van der Waals surface area contributed by atoms with Crippen molar-refractivity contribution in [2.24, 2.45) is 0 Å². The summed E-state index contributed by atoms with van der Waals surface area (Å²) in [4.78, 5) is 10.4. The van der Waals surface area contributed by atoms with Crippen molar-refractivity contribution in [3.05, 3.63) is 64.1 Å². The Bertz CT molecular complexity index is 649. The third kappa shape index (κ3) is 4.02. The van der Waals surface area contributed by atoms with Crippen LogP contribution in [0.25, 0.3) is 6.08 Å². The molecule has 0 bridgehead atoms. The molecule has 2 aromatic carbocycles. The fourth-order valence-corrected chi connectivity index (χ4v) is 1.82. The first-order chi connectivity index (χ1) is 9.54. The Morgan fingerprint density at radius 1 is 1.10 bits per heavy atom. The van der Waals surface area contributed by atoms with Crippen LogP contribution in [0.2, 0.25) is 10.0 Å². The summed E-state index contributed by atoms with van der Waals surface area (Å²) < 4.78 is 5.61. The highest BCUT2D eigenvalue weighted by molar-refractivity contribution is 6.34. The minimum atomic E-state index is -0.990. The molecule has 102 valence electrons. The molecule has 0 fully saturated rings. The summed E-state index contributed by atoms with van der Waals surface area (Å²) in [5.74, 6) is 0.0608. The molecule has 2 rings (SSSR count). The number of hydrogen-bond acceptors (Lipinski definition) is 2. The molecule has 5 heteroatoms. The zero-order chi connectivity index (χ0) is 14.5. The van der Waals surface area contributed by atoms with Gasteiger partial charge >= 0.3 is 5.97 Å². The van der Waals surface area contributed by atoms with Crippen LogP contribution in [0.3, 0.4) is 0 Å². The number of carboxylic acids is 1. The highest BCUT2D eigenvalue weighted by atomic mass is 35.5. The summed E-state index contributed by atoms with van der Waals surface area (Å²) in [6, 6.07) is 11.9. The van der Waals surface area contributed by atoms with Gasteiger partial charge in [0.1, 0.15) is 11.5 Å². The molecule has 0 aliphatic heterocycles. The lowest BCUT2D eigenvalue weighted by Crippen LogP contribution is -1.87. The molecule has 0 atom stereocenters. The smallest absolute Gasteiger partial charge is 0.328 e. The van der Waals surface area contributed by atoms with Crippen LogP contribution in [0.4, 0.5) is 0 Å². The second-order valence-electron chi connectivity index (χ2n) is 3.92. The fraction of sp³-hybridized carbons (Fsp3) is 0. The molecule has 20 heavy (non-hydrogen) atoms. The average Bonchev–Trinajstić information content (AvgIpc) is 2.42. The summed E-state index contributed by atoms with van der Waals surface area (Å²) in [6.45, 7) is 0. The summed E-state index contributed by atoms with van der Waals surface area (Å²) >= 11 is 11.9. The van der Waals surface area contributed by atoms with E-state index in [0.29, 0.717) is 21.5 Å². The van der Waals surface area contributed by atoms with Gasteiger partial charge in [0.05, 0.1) is 5.02 Å². The van der Waals surface area contributed by atoms with E-state index < -0.39 is 5.97 Å². The maximum Gasteiger partial charge on any atom is 0.328 e. The van der Waals surface area contributed by atoms with Gasteiger partial charge in [-0.15, -0.1) is 0 Å². The maximum absolute atomic E-state index is 10.4. The Morgan fingerprint density at radius 3 is 2.45 bits per heavy atom. The van der Waals surface area contributed by atoms with Crippen molar-refractivity contribution in [2.75, 3.05) is 0 Å². The standard InChI is InChI=1S/C15H10Cl2O3/c16-11-4-7-13(17)14(9-11)20-12-5-1-10(2-6-12)3-8-15(18)19/h1-9H,(H,18,19). The van der Waals surface area contributed by atoms with Gasteiger partial charge in [0.2, 0.25) is 0 Å². The van der Waals surface area contributed by atoms with Gasteiger partial charge in [-0.1, -0.05) is 35.3 Å². The van der Waals surface area contributed by atoms with Crippen molar-refractivity contribution >= 4 is 35.2 Å². The van der Waals surface area contributed by atoms with Gasteiger partial charge in [-0.25, -0.2) is 4.79 Å². The molecule has 0 unspecified atom stereocenters. The first kappa shape index (κ1) is 14.4. The van der Waals surface area contributed by atoms with Gasteiger partial charge in [0, 0.05) is 17.2 Å². The van der Waals surface area contributed by atoms with Crippen molar-refractivity contribution in [2.45, 2.75) is 0 Å². The summed E-state index contributed by atoms with van der Waals surface area (Å²) in [6.07, 6.45) is 2.57. The van der Waals surface area contributed by atoms with Crippen LogP contribution >= 0.6 is 23.2 Å². The van der Waals surface area contributed by atoms with E-state index in [-0.39, 0.29) is 0 Å². The van der Waals surface area contributed by atoms with Crippen LogP contribution in [0.15, 0.2) is 48.5 Å². The number of carboxylic acid groups (broad SMARTS) is 1. The zero-order valence-corrected chi connectivity index (χ0v) is 11.7. The molecule has 2 aromatic rings. The van der Waals surface area contributed by atoms with Gasteiger partial charge in [0.15, 0.2) is 0 Å². The van der Waals surface area contributed by atoms with Crippen LogP contribution in [0.1, 0.15) is 5.56 Å². The molecule has 0 saturated heterocycles. The number of hydrogen-bond donors (Lipinski definition) is 1. The molecule has 3 nitrogen and oxygen atoms in total. The first-order valence-corrected chi connectivity index (χ1v) is 6.44. The second-order valence-corrected chi connectivity index (χ2v) is 4.76. The van der Waals surface area contributed by atoms with E-state index in [2.05, 4.69) is 0 Å². The van der Waals surface area contributed by atoms with Crippen LogP contribution in [0, 0.1) is 0 Å². The molecule has 0 aliphatic carbocycles. The minimum absolute atomic E-state index is 0.462. The third-order valence-electron chi connectivity index (χ3n) is 2.42. The van der Waals surface area contributed by atoms with E-state index in [0.717, 1.165) is 11.6 Å². The molecular weight excluding hydrogens is 299 g/mol. The van der Waals surface area contributed by atoms with Crippen molar-refractivity contribution in [1.82, 2.24) is 0 Å². The number of carbonyl (C=O) groups is 1. The summed E-state index contributed by atoms with van der Waals surface area (Å²) in [7, 11) is 0. The number of benzene rings is 2. The Labute approximate surface area is 126 Å². The van der Waals surface area contributed by atoms with Crippen LogP contribution in [-0.2, 0) is 4.79 Å². The monoisotopic (exact) mass is 308 g/mol. The van der Waals surface area contributed by atoms with E-state index >= 15 is 0 Å². The lowest BCUT2D eigenvalue weighted by Gasteiger charge is -2.08. The van der Waals surface area contributed by atoms with Gasteiger partial charge in [-0.2, -0.15) is 0 Å². The van der Waals surface area contributed by atoms with Gasteiger partial charge < -0.3 is 9.84 Å². The first-order valence-electron chi connectivity index (χ1n) is 5.68. The predicted molar refractivity (Wildman–Crippen MR) is 79.6 cm³/mol. The number of aliphatic carboxylic acids is 1. The fourth-order valence-electron chi connectivity index (χ4n) is 1.50. The van der Waals surface area contributed by atoms with Crippen LogP contribution in [0.5, 0.6) is 11.5 Å². The van der Waals surface area contributed by atoms with Crippen molar-refractivity contribution in [3.8, 4) is 11.5 Å². The molecule has 0 spiro atoms. The molecule has 0 radical (unpaired) electrons. The third-order valence-corrected chi connectivity index (χ3v) is 2.97. The van der Waals surface area contributed by atoms with Crippen molar-refractivity contribution < 1.29 is 14.6 Å². The molecular formula is C15H10Cl2O3. The van der Waals surface area contributed by atoms with E-state index in [1.807, 2.05) is 0 Å². The van der Waals surface area contributed by atoms with E-state index in [9.17, 15) is 4.79 Å². The second kappa shape index (κ2) is 6.46. The Hall–Kier alpha value is -1.97. The van der Waals surface area contributed by atoms with Crippen LogP contribution in [-0.4, -0.2) is 11.1 Å². The average molecular weight is 309 g/mol. The van der Waals surface area contributed by atoms with E-state index in [1.54, 1.807) is 42.5 Å². The lowest BCUT2D eigenvalue weighted by atomic mass is 10.2. The zero-order valence-electron chi connectivity index (χ0n) is 10.2. The number of ether oxygens (including phenoxy) is 1. The minimum Gasteiger partial charge on any atom is -0.478 e. The molecule has 0 aliphatic rings. The highest BCUT2D eigenvalue weighted by Gasteiger charge is 2.04. The van der Waals surface area contributed by atoms with Gasteiger partial charge in [0.25, 0.3) is 0 Å². The molecule has 1 N–H and O–H groups in total. The van der Waals surface area contributed by atoms with E-state index in [4.69, 9.17) is 33.0 Å². The Balaban J connectivity index is 2.14.